The Balaban J connectivity index is 3.21. The lowest BCUT2D eigenvalue weighted by Crippen LogP contribution is -2.05. The smallest absolute Gasteiger partial charge is 0.159 e. The van der Waals surface area contributed by atoms with Crippen LogP contribution < -0.4 is 5.30 Å². The van der Waals surface area contributed by atoms with Crippen LogP contribution in [0.25, 0.3) is 0 Å². The van der Waals surface area contributed by atoms with Crippen LogP contribution in [0, 0.1) is 0 Å². The van der Waals surface area contributed by atoms with Crippen LogP contribution in [0.5, 0.6) is 0 Å². The van der Waals surface area contributed by atoms with Gasteiger partial charge in [-0.05, 0) is 26.3 Å². The summed E-state index contributed by atoms with van der Waals surface area (Å²) in [5.74, 6) is 0.00954. The van der Waals surface area contributed by atoms with Crippen molar-refractivity contribution in [2.75, 3.05) is 13.3 Å². The second-order valence-electron chi connectivity index (χ2n) is 3.46. The quantitative estimate of drug-likeness (QED) is 0.536. The van der Waals surface area contributed by atoms with Crippen molar-refractivity contribution in [2.24, 2.45) is 0 Å². The van der Waals surface area contributed by atoms with Crippen LogP contribution in [0.4, 0.5) is 0 Å². The van der Waals surface area contributed by atoms with Crippen LogP contribution in [0.15, 0.2) is 24.3 Å². The summed E-state index contributed by atoms with van der Waals surface area (Å²) in [5, 5.41) is 0.764. The highest BCUT2D eigenvalue weighted by molar-refractivity contribution is 7.70. The summed E-state index contributed by atoms with van der Waals surface area (Å²) >= 11 is 0. The molecule has 0 atom stereocenters. The predicted octanol–water partition coefficient (Wildman–Crippen LogP) is 2.14. The molecule has 0 aliphatic heterocycles. The molecule has 2 nitrogen and oxygen atoms in total. The molecule has 0 N–H and O–H groups in total. The third kappa shape index (κ3) is 2.53. The SMILES string of the molecule is CC(=O)c1cccc(P(C)(C)=O)c1. The summed E-state index contributed by atoms with van der Waals surface area (Å²) in [7, 11) is -2.24. The average Bonchev–Trinajstić information content (AvgIpc) is 2.03. The fourth-order valence-corrected chi connectivity index (χ4v) is 1.95. The third-order valence-electron chi connectivity index (χ3n) is 1.87. The number of carbonyl (C=O) groups is 1. The standard InChI is InChI=1S/C10H13O2P/c1-8(11)9-5-4-6-10(7-9)13(2,3)12/h4-7H,1-3H3. The van der Waals surface area contributed by atoms with Gasteiger partial charge in [0.15, 0.2) is 5.78 Å². The minimum Gasteiger partial charge on any atom is -0.319 e. The van der Waals surface area contributed by atoms with Gasteiger partial charge >= 0.3 is 0 Å². The van der Waals surface area contributed by atoms with Gasteiger partial charge in [0.25, 0.3) is 0 Å². The topological polar surface area (TPSA) is 34.1 Å². The van der Waals surface area contributed by atoms with Crippen molar-refractivity contribution >= 4 is 18.2 Å². The first-order valence-electron chi connectivity index (χ1n) is 4.08. The van der Waals surface area contributed by atoms with Crippen LogP contribution in [-0.4, -0.2) is 19.1 Å². The molecule has 0 saturated carbocycles. The summed E-state index contributed by atoms with van der Waals surface area (Å²) in [5.41, 5.74) is 0.626. The predicted molar refractivity (Wildman–Crippen MR) is 55.5 cm³/mol. The molecule has 0 spiro atoms. The molecular formula is C10H13O2P. The number of Topliss-reactive ketones (excluding diaryl/α,β-unsaturated/α-hetero) is 1. The zero-order chi connectivity index (χ0) is 10.1. The molecule has 1 rings (SSSR count). The molecule has 0 amide bonds. The van der Waals surface area contributed by atoms with Gasteiger partial charge in [0.2, 0.25) is 0 Å². The highest BCUT2D eigenvalue weighted by Gasteiger charge is 2.11. The number of hydrogen-bond donors (Lipinski definition) is 0. The zero-order valence-electron chi connectivity index (χ0n) is 8.07. The number of carbonyl (C=O) groups excluding carboxylic acids is 1. The fourth-order valence-electron chi connectivity index (χ4n) is 1.06. The van der Waals surface area contributed by atoms with E-state index in [2.05, 4.69) is 0 Å². The zero-order valence-corrected chi connectivity index (χ0v) is 8.97. The van der Waals surface area contributed by atoms with E-state index in [0.717, 1.165) is 5.30 Å². The van der Waals surface area contributed by atoms with Crippen molar-refractivity contribution in [2.45, 2.75) is 6.92 Å². The Morgan fingerprint density at radius 2 is 1.92 bits per heavy atom. The van der Waals surface area contributed by atoms with Crippen LogP contribution in [-0.2, 0) is 4.57 Å². The Morgan fingerprint density at radius 1 is 1.31 bits per heavy atom. The Labute approximate surface area is 78.3 Å². The van der Waals surface area contributed by atoms with Crippen molar-refractivity contribution in [3.8, 4) is 0 Å². The van der Waals surface area contributed by atoms with Crippen molar-refractivity contribution in [3.05, 3.63) is 29.8 Å². The van der Waals surface area contributed by atoms with Crippen LogP contribution in [0.3, 0.4) is 0 Å². The van der Waals surface area contributed by atoms with E-state index in [9.17, 15) is 9.36 Å². The van der Waals surface area contributed by atoms with Gasteiger partial charge in [0, 0.05) is 10.9 Å². The molecular weight excluding hydrogens is 183 g/mol. The Bertz CT molecular complexity index is 376. The molecule has 0 heterocycles. The van der Waals surface area contributed by atoms with Crippen molar-refractivity contribution in [1.82, 2.24) is 0 Å². The van der Waals surface area contributed by atoms with Crippen molar-refractivity contribution < 1.29 is 9.36 Å². The highest BCUT2D eigenvalue weighted by atomic mass is 31.2. The summed E-state index contributed by atoms with van der Waals surface area (Å²) in [6.07, 6.45) is 0. The fraction of sp³-hybridized carbons (Fsp3) is 0.300. The number of hydrogen-bond acceptors (Lipinski definition) is 2. The molecule has 0 aromatic heterocycles. The molecule has 0 unspecified atom stereocenters. The molecule has 0 aliphatic carbocycles. The maximum absolute atomic E-state index is 11.7. The largest absolute Gasteiger partial charge is 0.319 e. The van der Waals surface area contributed by atoms with E-state index in [0.29, 0.717) is 5.56 Å². The van der Waals surface area contributed by atoms with Gasteiger partial charge in [-0.15, -0.1) is 0 Å². The maximum Gasteiger partial charge on any atom is 0.159 e. The van der Waals surface area contributed by atoms with E-state index in [1.54, 1.807) is 37.6 Å². The van der Waals surface area contributed by atoms with Crippen molar-refractivity contribution in [3.63, 3.8) is 0 Å². The Kier molecular flexibility index (Phi) is 2.72. The second kappa shape index (κ2) is 3.47. The monoisotopic (exact) mass is 196 g/mol. The molecule has 0 saturated heterocycles. The number of benzene rings is 1. The molecule has 1 aromatic rings. The number of ketones is 1. The molecule has 0 radical (unpaired) electrons. The lowest BCUT2D eigenvalue weighted by molar-refractivity contribution is 0.101. The molecule has 0 fully saturated rings. The van der Waals surface area contributed by atoms with E-state index in [4.69, 9.17) is 0 Å². The van der Waals surface area contributed by atoms with Crippen LogP contribution >= 0.6 is 7.14 Å². The maximum atomic E-state index is 11.7. The summed E-state index contributed by atoms with van der Waals surface area (Å²) < 4.78 is 11.7. The summed E-state index contributed by atoms with van der Waals surface area (Å²) in [4.78, 5) is 11.0. The van der Waals surface area contributed by atoms with Gasteiger partial charge < -0.3 is 4.57 Å². The first kappa shape index (κ1) is 10.2. The molecule has 3 heteroatoms. The third-order valence-corrected chi connectivity index (χ3v) is 3.40. The summed E-state index contributed by atoms with van der Waals surface area (Å²) in [6, 6.07) is 7.02. The van der Waals surface area contributed by atoms with E-state index in [1.165, 1.54) is 6.92 Å². The highest BCUT2D eigenvalue weighted by Crippen LogP contribution is 2.34. The van der Waals surface area contributed by atoms with Gasteiger partial charge in [-0.3, -0.25) is 4.79 Å². The second-order valence-corrected chi connectivity index (χ2v) is 6.68. The molecule has 1 aromatic carbocycles. The normalized spacial score (nSPS) is 11.3. The molecule has 0 bridgehead atoms. The lowest BCUT2D eigenvalue weighted by atomic mass is 10.2. The molecule has 0 aliphatic rings. The van der Waals surface area contributed by atoms with Gasteiger partial charge in [0.05, 0.1) is 0 Å². The average molecular weight is 196 g/mol. The summed E-state index contributed by atoms with van der Waals surface area (Å²) in [6.45, 7) is 4.91. The Morgan fingerprint density at radius 3 is 2.38 bits per heavy atom. The van der Waals surface area contributed by atoms with Gasteiger partial charge in [-0.1, -0.05) is 18.2 Å². The van der Waals surface area contributed by atoms with E-state index >= 15 is 0 Å². The van der Waals surface area contributed by atoms with E-state index in [1.807, 2.05) is 0 Å². The van der Waals surface area contributed by atoms with Gasteiger partial charge in [-0.2, -0.15) is 0 Å². The minimum atomic E-state index is -2.24. The Hall–Kier alpha value is -0.880. The first-order chi connectivity index (χ1) is 5.91. The van der Waals surface area contributed by atoms with Gasteiger partial charge in [0.1, 0.15) is 7.14 Å². The van der Waals surface area contributed by atoms with E-state index in [-0.39, 0.29) is 5.78 Å². The van der Waals surface area contributed by atoms with Crippen LogP contribution in [0.1, 0.15) is 17.3 Å². The lowest BCUT2D eigenvalue weighted by Gasteiger charge is -2.07. The van der Waals surface area contributed by atoms with Crippen molar-refractivity contribution in [1.29, 1.82) is 0 Å². The minimum absolute atomic E-state index is 0.00954. The molecule has 70 valence electrons. The van der Waals surface area contributed by atoms with Gasteiger partial charge in [-0.25, -0.2) is 0 Å². The first-order valence-corrected chi connectivity index (χ1v) is 6.68. The number of rotatable bonds is 2. The van der Waals surface area contributed by atoms with Crippen LogP contribution in [0.2, 0.25) is 0 Å². The molecule has 13 heavy (non-hydrogen) atoms. The van der Waals surface area contributed by atoms with E-state index < -0.39 is 7.14 Å².